The van der Waals surface area contributed by atoms with Gasteiger partial charge in [0, 0.05) is 12.0 Å². The number of amides is 2. The third-order valence-corrected chi connectivity index (χ3v) is 11.1. The highest BCUT2D eigenvalue weighted by molar-refractivity contribution is 9.10. The van der Waals surface area contributed by atoms with Crippen LogP contribution in [0.3, 0.4) is 0 Å². The van der Waals surface area contributed by atoms with Crippen LogP contribution in [0, 0.1) is 0 Å². The predicted molar refractivity (Wildman–Crippen MR) is 236 cm³/mol. The van der Waals surface area contributed by atoms with E-state index in [9.17, 15) is 9.59 Å². The number of aromatic nitrogens is 4. The lowest BCUT2D eigenvalue weighted by Gasteiger charge is -2.16. The van der Waals surface area contributed by atoms with Crippen LogP contribution in [0.5, 0.6) is 34.5 Å². The molecule has 10 rings (SSSR count). The van der Waals surface area contributed by atoms with Crippen LogP contribution in [-0.4, -0.2) is 59.6 Å². The van der Waals surface area contributed by atoms with Gasteiger partial charge in [-0.05, 0) is 95.2 Å². The fraction of sp³-hybridized carbons (Fsp3) is 0.261. The number of hydrogen-bond acceptors (Lipinski definition) is 13. The van der Waals surface area contributed by atoms with E-state index >= 15 is 0 Å². The van der Waals surface area contributed by atoms with E-state index in [-0.39, 0.29) is 32.8 Å². The third-order valence-electron chi connectivity index (χ3n) is 10.7. The van der Waals surface area contributed by atoms with Crippen molar-refractivity contribution in [2.24, 2.45) is 0 Å². The number of carbonyl (C=O) groups excluding carboxylic acids is 2. The Morgan fingerprint density at radius 2 is 1.15 bits per heavy atom. The molecule has 0 spiro atoms. The smallest absolute Gasteiger partial charge is 0.236 e. The minimum Gasteiger partial charge on any atom is -0.496 e. The van der Waals surface area contributed by atoms with Crippen LogP contribution in [0.4, 0.5) is 17.3 Å². The molecule has 0 bridgehead atoms. The number of fused-ring (bicyclic) bond motifs is 2. The number of methoxy groups -OCH3 is 2. The van der Waals surface area contributed by atoms with Crippen LogP contribution in [0.25, 0.3) is 0 Å². The lowest BCUT2D eigenvalue weighted by molar-refractivity contribution is -0.119. The number of hydrogen-bond donors (Lipinski definition) is 3. The van der Waals surface area contributed by atoms with Crippen molar-refractivity contribution < 1.29 is 38.0 Å². The molecule has 62 heavy (non-hydrogen) atoms. The Balaban J connectivity index is 0.000000158. The molecule has 0 saturated heterocycles. The summed E-state index contributed by atoms with van der Waals surface area (Å²) in [6, 6.07) is 26.6. The molecule has 2 amide bonds. The number of anilines is 3. The number of ether oxygens (including phenoxy) is 6. The normalized spacial score (nSPS) is 14.9. The second-order valence-corrected chi connectivity index (χ2v) is 15.4. The Bertz CT molecular complexity index is 2530. The summed E-state index contributed by atoms with van der Waals surface area (Å²) in [6.45, 7) is 0.446. The van der Waals surface area contributed by atoms with Crippen molar-refractivity contribution >= 4 is 45.1 Å². The Morgan fingerprint density at radius 3 is 1.61 bits per heavy atom. The summed E-state index contributed by atoms with van der Waals surface area (Å²) in [5.41, 5.74) is 8.85. The molecule has 4 aliphatic rings. The summed E-state index contributed by atoms with van der Waals surface area (Å²) in [5, 5.41) is 5.75. The molecule has 0 atom stereocenters. The first-order valence-corrected chi connectivity index (χ1v) is 20.2. The summed E-state index contributed by atoms with van der Waals surface area (Å²) in [5.74, 6) is 5.11. The Kier molecular flexibility index (Phi) is 13.1. The van der Waals surface area contributed by atoms with Gasteiger partial charge in [-0.3, -0.25) is 14.6 Å². The van der Waals surface area contributed by atoms with Crippen molar-refractivity contribution in [2.75, 3.05) is 44.2 Å². The highest BCUT2D eigenvalue weighted by atomic mass is 79.9. The quantitative estimate of drug-likeness (QED) is 0.112. The molecule has 320 valence electrons. The molecule has 2 fully saturated rings. The van der Waals surface area contributed by atoms with E-state index < -0.39 is 10.8 Å². The highest BCUT2D eigenvalue weighted by Gasteiger charge is 2.52. The number of benzene rings is 4. The van der Waals surface area contributed by atoms with E-state index in [2.05, 4.69) is 46.5 Å². The van der Waals surface area contributed by atoms with Crippen LogP contribution in [-0.2, 0) is 26.8 Å². The summed E-state index contributed by atoms with van der Waals surface area (Å²) in [7, 11) is 3.25. The van der Waals surface area contributed by atoms with Crippen LogP contribution in [0.15, 0.2) is 114 Å². The molecule has 16 heteroatoms. The SMILES string of the molecule is C.COc1ccccc1Cc1cnc(NC(=O)C2(c3ccc4c(c3)OCO4)CC2)cn1.COc1ccccc1N.O=C(Nc1cnc(Br)cn1)C1(c2ccc3c(c2)OCO3)CC1. The van der Waals surface area contributed by atoms with Crippen molar-refractivity contribution in [1.29, 1.82) is 0 Å². The summed E-state index contributed by atoms with van der Waals surface area (Å²) < 4.78 is 32.4. The highest BCUT2D eigenvalue weighted by Crippen LogP contribution is 2.52. The molecule has 2 aliphatic carbocycles. The van der Waals surface area contributed by atoms with Crippen molar-refractivity contribution in [1.82, 2.24) is 19.9 Å². The van der Waals surface area contributed by atoms with E-state index in [4.69, 9.17) is 34.2 Å². The first-order valence-electron chi connectivity index (χ1n) is 19.4. The van der Waals surface area contributed by atoms with E-state index in [1.165, 1.54) is 6.20 Å². The maximum Gasteiger partial charge on any atom is 0.236 e. The van der Waals surface area contributed by atoms with E-state index in [1.807, 2.05) is 78.9 Å². The predicted octanol–water partition coefficient (Wildman–Crippen LogP) is 8.03. The molecule has 4 N–H and O–H groups in total. The van der Waals surface area contributed by atoms with Gasteiger partial charge >= 0.3 is 0 Å². The fourth-order valence-electron chi connectivity index (χ4n) is 7.00. The van der Waals surface area contributed by atoms with Crippen molar-refractivity contribution in [2.45, 2.75) is 50.4 Å². The Labute approximate surface area is 367 Å². The number of halogens is 1. The van der Waals surface area contributed by atoms with Gasteiger partial charge in [0.1, 0.15) is 16.1 Å². The number of nitrogen functional groups attached to an aromatic ring is 1. The maximum absolute atomic E-state index is 13.0. The number of carbonyl (C=O) groups is 2. The van der Waals surface area contributed by atoms with Gasteiger partial charge in [-0.15, -0.1) is 0 Å². The number of para-hydroxylation sites is 3. The molecule has 6 aromatic rings. The van der Waals surface area contributed by atoms with Gasteiger partial charge in [0.15, 0.2) is 34.6 Å². The van der Waals surface area contributed by atoms with Crippen LogP contribution in [0.1, 0.15) is 55.5 Å². The molecule has 2 aliphatic heterocycles. The Morgan fingerprint density at radius 1 is 0.645 bits per heavy atom. The van der Waals surface area contributed by atoms with E-state index in [0.717, 1.165) is 65.3 Å². The molecule has 2 aromatic heterocycles. The maximum atomic E-state index is 13.0. The van der Waals surface area contributed by atoms with Crippen LogP contribution < -0.4 is 44.8 Å². The fourth-order valence-corrected chi connectivity index (χ4v) is 7.21. The van der Waals surface area contributed by atoms with Crippen LogP contribution >= 0.6 is 15.9 Å². The topological polar surface area (TPSA) is 191 Å². The average molecular weight is 905 g/mol. The monoisotopic (exact) mass is 903 g/mol. The molecule has 2 saturated carbocycles. The molecule has 4 aromatic carbocycles. The minimum absolute atomic E-state index is 0. The van der Waals surface area contributed by atoms with Gasteiger partial charge in [0.05, 0.1) is 61.2 Å². The van der Waals surface area contributed by atoms with Crippen molar-refractivity contribution in [3.05, 3.63) is 137 Å². The van der Waals surface area contributed by atoms with Gasteiger partial charge < -0.3 is 44.8 Å². The molecule has 0 unspecified atom stereocenters. The van der Waals surface area contributed by atoms with Gasteiger partial charge in [-0.25, -0.2) is 15.0 Å². The first-order chi connectivity index (χ1) is 29.7. The molecular formula is C46H46BrN7O8. The zero-order valence-corrected chi connectivity index (χ0v) is 34.9. The zero-order chi connectivity index (χ0) is 42.4. The lowest BCUT2D eigenvalue weighted by Crippen LogP contribution is -2.28. The summed E-state index contributed by atoms with van der Waals surface area (Å²) in [6.07, 6.45) is 10.2. The second kappa shape index (κ2) is 18.8. The van der Waals surface area contributed by atoms with Crippen molar-refractivity contribution in [3.63, 3.8) is 0 Å². The molecule has 0 radical (unpaired) electrons. The van der Waals surface area contributed by atoms with Crippen LogP contribution in [0.2, 0.25) is 0 Å². The largest absolute Gasteiger partial charge is 0.496 e. The summed E-state index contributed by atoms with van der Waals surface area (Å²) in [4.78, 5) is 42.6. The van der Waals surface area contributed by atoms with Gasteiger partial charge in [0.2, 0.25) is 25.4 Å². The number of rotatable bonds is 10. The molecular weight excluding hydrogens is 858 g/mol. The van der Waals surface area contributed by atoms with E-state index in [0.29, 0.717) is 45.6 Å². The molecule has 4 heterocycles. The Hall–Kier alpha value is -6.94. The second-order valence-electron chi connectivity index (χ2n) is 14.6. The lowest BCUT2D eigenvalue weighted by atomic mass is 9.94. The standard InChI is InChI=1S/C23H21N3O4.C15H12BrN3O3.C7H9NO.CH4/c1-28-18-5-3-2-4-15(18)10-17-12-25-21(13-24-17)26-22(27)23(8-9-23)16-6-7-19-20(11-16)30-14-29-19;16-12-6-18-13(7-17-12)19-14(20)15(3-4-15)9-1-2-10-11(5-9)22-8-21-10;1-9-7-5-3-2-4-6(7)8;/h2-7,11-13H,8-10,14H2,1H3,(H,25,26,27);1-2,5-7H,3-4,8H2,(H,18,19,20);2-5H,8H2,1H3;1H4. The summed E-state index contributed by atoms with van der Waals surface area (Å²) >= 11 is 3.22. The average Bonchev–Trinajstić information content (AvgIpc) is 4.18. The first kappa shape index (κ1) is 43.2. The number of nitrogens with one attached hydrogen (secondary N) is 2. The van der Waals surface area contributed by atoms with Crippen molar-refractivity contribution in [3.8, 4) is 34.5 Å². The van der Waals surface area contributed by atoms with Gasteiger partial charge in [-0.1, -0.05) is 49.9 Å². The minimum atomic E-state index is -0.543. The number of nitrogens with two attached hydrogens (primary N) is 1. The number of nitrogens with zero attached hydrogens (tertiary/aromatic N) is 4. The van der Waals surface area contributed by atoms with E-state index in [1.54, 1.807) is 38.9 Å². The van der Waals surface area contributed by atoms with Gasteiger partial charge in [-0.2, -0.15) is 0 Å². The third kappa shape index (κ3) is 9.50. The zero-order valence-electron chi connectivity index (χ0n) is 33.4. The molecule has 15 nitrogen and oxygen atoms in total. The van der Waals surface area contributed by atoms with Gasteiger partial charge in [0.25, 0.3) is 0 Å².